The third-order valence-electron chi connectivity index (χ3n) is 7.89. The fourth-order valence-corrected chi connectivity index (χ4v) is 6.15. The van der Waals surface area contributed by atoms with Gasteiger partial charge in [-0.05, 0) is 35.3 Å². The van der Waals surface area contributed by atoms with Crippen LogP contribution in [0.1, 0.15) is 31.4 Å². The van der Waals surface area contributed by atoms with Crippen LogP contribution in [0.2, 0.25) is 0 Å². The minimum atomic E-state index is -1.19. The molecular weight excluding hydrogens is 669 g/mol. The maximum atomic E-state index is 13.6. The molecule has 1 aromatic heterocycles. The van der Waals surface area contributed by atoms with E-state index >= 15 is 0 Å². The zero-order valence-corrected chi connectivity index (χ0v) is 30.0. The molecule has 15 heteroatoms. The zero-order valence-electron chi connectivity index (χ0n) is 28.4. The van der Waals surface area contributed by atoms with Crippen molar-refractivity contribution in [1.29, 1.82) is 0 Å². The Hall–Kier alpha value is -4.18. The van der Waals surface area contributed by atoms with Crippen LogP contribution in [-0.4, -0.2) is 96.1 Å². The minimum Gasteiger partial charge on any atom is -0.453 e. The highest BCUT2D eigenvalue weighted by Crippen LogP contribution is 2.23. The van der Waals surface area contributed by atoms with Gasteiger partial charge >= 0.3 is 12.2 Å². The van der Waals surface area contributed by atoms with Crippen molar-refractivity contribution in [3.63, 3.8) is 0 Å². The van der Waals surface area contributed by atoms with Gasteiger partial charge in [-0.3, -0.25) is 20.0 Å². The third-order valence-corrected chi connectivity index (χ3v) is 9.38. The van der Waals surface area contributed by atoms with Crippen LogP contribution < -0.4 is 21.4 Å². The van der Waals surface area contributed by atoms with E-state index in [1.165, 1.54) is 37.3 Å². The number of ether oxygens (including phenoxy) is 2. The number of hydrazine groups is 1. The summed E-state index contributed by atoms with van der Waals surface area (Å²) in [6, 6.07) is 14.5. The highest BCUT2D eigenvalue weighted by atomic mass is 32.2. The number of nitrogens with one attached hydrogen (secondary N) is 4. The minimum absolute atomic E-state index is 0.0945. The molecular formula is C34H46N6O7S2. The molecule has 4 amide bonds. The molecule has 0 aliphatic heterocycles. The van der Waals surface area contributed by atoms with Gasteiger partial charge in [-0.15, -0.1) is 11.3 Å². The molecule has 5 N–H and O–H groups in total. The molecule has 13 nitrogen and oxygen atoms in total. The number of hydrogen-bond acceptors (Lipinski definition) is 11. The second-order valence-electron chi connectivity index (χ2n) is 11.4. The Balaban J connectivity index is 1.90. The number of alkyl carbamates (subject to hydrolysis) is 2. The molecule has 0 aliphatic carbocycles. The Bertz CT molecular complexity index is 1460. The number of carbonyl (C=O) groups is 4. The van der Waals surface area contributed by atoms with Crippen molar-refractivity contribution in [2.75, 3.05) is 32.8 Å². The molecule has 3 aromatic rings. The van der Waals surface area contributed by atoms with Crippen LogP contribution in [0.15, 0.2) is 66.3 Å². The van der Waals surface area contributed by atoms with Gasteiger partial charge in [-0.1, -0.05) is 74.9 Å². The summed E-state index contributed by atoms with van der Waals surface area (Å²) < 4.78 is 9.47. The second-order valence-corrected chi connectivity index (χ2v) is 13.2. The lowest BCUT2D eigenvalue weighted by molar-refractivity contribution is -0.129. The van der Waals surface area contributed by atoms with E-state index in [2.05, 4.69) is 26.4 Å². The molecule has 0 saturated carbocycles. The predicted octanol–water partition coefficient (Wildman–Crippen LogP) is 3.59. The standard InChI is InChI=1S/C34H46N6O7S2/c1-6-22(2)30(38-34(45)47-4)32(43)36-26(16-23-10-8-7-9-11-23)28(41)19-40(39-31(42)27(20-48-5)37-33(44)46-3)18-24-12-14-25(15-13-24)29-17-35-21-49-29/h7-15,17,21-22,26-28,30,41H,6,16,18-20H2,1-5H3,(H,36,43)(H,37,44)(H,38,45)(H,39,42)/t22-,26-,27-,28-,30-/m0/s1. The molecule has 2 aromatic carbocycles. The summed E-state index contributed by atoms with van der Waals surface area (Å²) in [5.41, 5.74) is 7.32. The number of methoxy groups -OCH3 is 2. The van der Waals surface area contributed by atoms with Gasteiger partial charge in [-0.25, -0.2) is 14.6 Å². The Morgan fingerprint density at radius 3 is 2.20 bits per heavy atom. The Kier molecular flexibility index (Phi) is 16.3. The van der Waals surface area contributed by atoms with Gasteiger partial charge in [0, 0.05) is 25.0 Å². The number of thiazole rings is 1. The van der Waals surface area contributed by atoms with Crippen LogP contribution in [0.3, 0.4) is 0 Å². The van der Waals surface area contributed by atoms with Gasteiger partial charge in [0.2, 0.25) is 5.91 Å². The van der Waals surface area contributed by atoms with Crippen molar-refractivity contribution in [2.45, 2.75) is 57.5 Å². The number of aliphatic hydroxyl groups excluding tert-OH is 1. The lowest BCUT2D eigenvalue weighted by atomic mass is 9.96. The van der Waals surface area contributed by atoms with Gasteiger partial charge in [0.15, 0.2) is 0 Å². The summed E-state index contributed by atoms with van der Waals surface area (Å²) in [7, 11) is 2.44. The summed E-state index contributed by atoms with van der Waals surface area (Å²) >= 11 is 2.89. The topological polar surface area (TPSA) is 171 Å². The van der Waals surface area contributed by atoms with Gasteiger partial charge in [0.1, 0.15) is 12.1 Å². The summed E-state index contributed by atoms with van der Waals surface area (Å²) in [5.74, 6) is -0.933. The van der Waals surface area contributed by atoms with Crippen LogP contribution in [0.25, 0.3) is 10.4 Å². The van der Waals surface area contributed by atoms with E-state index in [-0.39, 0.29) is 31.2 Å². The van der Waals surface area contributed by atoms with E-state index in [1.807, 2.05) is 74.7 Å². The average Bonchev–Trinajstić information content (AvgIpc) is 3.65. The molecule has 1 heterocycles. The lowest BCUT2D eigenvalue weighted by Crippen LogP contribution is -2.59. The van der Waals surface area contributed by atoms with E-state index in [0.29, 0.717) is 6.42 Å². The van der Waals surface area contributed by atoms with Crippen LogP contribution in [0.5, 0.6) is 0 Å². The van der Waals surface area contributed by atoms with Gasteiger partial charge in [-0.2, -0.15) is 11.8 Å². The van der Waals surface area contributed by atoms with Gasteiger partial charge in [0.25, 0.3) is 5.91 Å². The molecule has 0 saturated heterocycles. The van der Waals surface area contributed by atoms with E-state index in [0.717, 1.165) is 21.6 Å². The molecule has 49 heavy (non-hydrogen) atoms. The molecule has 3 rings (SSSR count). The SMILES string of the molecule is CC[C@H](C)[C@H](NC(=O)OC)C(=O)N[C@@H](Cc1ccccc1)[C@@H](O)CN(Cc1ccc(-c2cncs2)cc1)NC(=O)[C@H](CSC)NC(=O)OC. The van der Waals surface area contributed by atoms with Crippen LogP contribution in [0.4, 0.5) is 9.59 Å². The highest BCUT2D eigenvalue weighted by molar-refractivity contribution is 7.98. The smallest absolute Gasteiger partial charge is 0.407 e. The first-order chi connectivity index (χ1) is 23.6. The van der Waals surface area contributed by atoms with E-state index < -0.39 is 48.2 Å². The molecule has 0 aliphatic rings. The Labute approximate surface area is 295 Å². The third kappa shape index (κ3) is 12.7. The van der Waals surface area contributed by atoms with Crippen molar-refractivity contribution in [2.24, 2.45) is 5.92 Å². The number of rotatable bonds is 18. The van der Waals surface area contributed by atoms with Crippen molar-refractivity contribution < 1.29 is 33.8 Å². The van der Waals surface area contributed by atoms with Crippen LogP contribution in [0, 0.1) is 5.92 Å². The number of hydrogen-bond donors (Lipinski definition) is 5. The first kappa shape index (κ1) is 39.3. The number of benzene rings is 2. The number of aliphatic hydroxyl groups is 1. The van der Waals surface area contributed by atoms with E-state index in [9.17, 15) is 24.3 Å². The molecule has 0 spiro atoms. The van der Waals surface area contributed by atoms with E-state index in [1.54, 1.807) is 16.7 Å². The van der Waals surface area contributed by atoms with Crippen molar-refractivity contribution >= 4 is 47.1 Å². The Morgan fingerprint density at radius 2 is 1.61 bits per heavy atom. The summed E-state index contributed by atoms with van der Waals surface area (Å²) in [6.07, 6.45) is 1.79. The number of nitrogens with zero attached hydrogens (tertiary/aromatic N) is 2. The summed E-state index contributed by atoms with van der Waals surface area (Å²) in [5, 5.41) is 21.4. The molecule has 266 valence electrons. The normalized spacial score (nSPS) is 14.1. The van der Waals surface area contributed by atoms with Gasteiger partial charge < -0.3 is 30.5 Å². The maximum absolute atomic E-state index is 13.6. The monoisotopic (exact) mass is 714 g/mol. The quantitative estimate of drug-likeness (QED) is 0.123. The van der Waals surface area contributed by atoms with Crippen molar-refractivity contribution in [3.8, 4) is 10.4 Å². The highest BCUT2D eigenvalue weighted by Gasteiger charge is 2.32. The molecule has 5 atom stereocenters. The van der Waals surface area contributed by atoms with Crippen LogP contribution in [-0.2, 0) is 32.0 Å². The van der Waals surface area contributed by atoms with Gasteiger partial charge in [0.05, 0.1) is 36.8 Å². The largest absolute Gasteiger partial charge is 0.453 e. The van der Waals surface area contributed by atoms with Crippen molar-refractivity contribution in [3.05, 3.63) is 77.4 Å². The number of aromatic nitrogens is 1. The second kappa shape index (κ2) is 20.4. The predicted molar refractivity (Wildman–Crippen MR) is 191 cm³/mol. The Morgan fingerprint density at radius 1 is 0.939 bits per heavy atom. The molecule has 0 radical (unpaired) electrons. The first-order valence-corrected chi connectivity index (χ1v) is 18.1. The van der Waals surface area contributed by atoms with E-state index in [4.69, 9.17) is 9.47 Å². The average molecular weight is 715 g/mol. The van der Waals surface area contributed by atoms with Crippen molar-refractivity contribution in [1.82, 2.24) is 31.4 Å². The number of carbonyl (C=O) groups excluding carboxylic acids is 4. The molecule has 0 fully saturated rings. The molecule has 0 unspecified atom stereocenters. The first-order valence-electron chi connectivity index (χ1n) is 15.8. The zero-order chi connectivity index (χ0) is 35.8. The fourth-order valence-electron chi connectivity index (χ4n) is 4.95. The maximum Gasteiger partial charge on any atom is 0.407 e. The number of amides is 4. The summed E-state index contributed by atoms with van der Waals surface area (Å²) in [6.45, 7) is 3.85. The molecule has 0 bridgehead atoms. The van der Waals surface area contributed by atoms with Crippen LogP contribution >= 0.6 is 23.1 Å². The summed E-state index contributed by atoms with van der Waals surface area (Å²) in [4.78, 5) is 56.4. The lowest BCUT2D eigenvalue weighted by Gasteiger charge is -2.33. The fraction of sp³-hybridized carbons (Fsp3) is 0.441. The number of thioether (sulfide) groups is 1.